The molecule has 7 nitrogen and oxygen atoms in total. The number of hydrogen-bond acceptors (Lipinski definition) is 5. The molecule has 2 aliphatic rings. The normalized spacial score (nSPS) is 16.7. The van der Waals surface area contributed by atoms with Gasteiger partial charge in [0.15, 0.2) is 0 Å². The lowest BCUT2D eigenvalue weighted by Gasteiger charge is -2.35. The van der Waals surface area contributed by atoms with Crippen molar-refractivity contribution in [3.05, 3.63) is 82.4 Å². The molecule has 0 saturated carbocycles. The summed E-state index contributed by atoms with van der Waals surface area (Å²) in [7, 11) is 0. The highest BCUT2D eigenvalue weighted by Gasteiger charge is 2.32. The summed E-state index contributed by atoms with van der Waals surface area (Å²) in [5.41, 5.74) is 2.07. The minimum Gasteiger partial charge on any atom is -0.351 e. The molecule has 0 bridgehead atoms. The van der Waals surface area contributed by atoms with Crippen LogP contribution in [0.15, 0.2) is 60.7 Å². The van der Waals surface area contributed by atoms with Crippen molar-refractivity contribution in [1.82, 2.24) is 20.0 Å². The van der Waals surface area contributed by atoms with Crippen LogP contribution in [0.3, 0.4) is 0 Å². The quantitative estimate of drug-likeness (QED) is 0.515. The molecule has 1 N–H and O–H groups in total. The van der Waals surface area contributed by atoms with E-state index < -0.39 is 0 Å². The van der Waals surface area contributed by atoms with Crippen LogP contribution in [-0.2, 0) is 11.3 Å². The van der Waals surface area contributed by atoms with Crippen molar-refractivity contribution in [2.75, 3.05) is 45.8 Å². The fraction of sp³-hybridized carbons (Fsp3) is 0.296. The Morgan fingerprint density at radius 1 is 0.800 bits per heavy atom. The highest BCUT2D eigenvalue weighted by molar-refractivity contribution is 6.31. The first-order chi connectivity index (χ1) is 17.0. The van der Waals surface area contributed by atoms with Crippen LogP contribution in [0.1, 0.15) is 26.3 Å². The van der Waals surface area contributed by atoms with Gasteiger partial charge in [-0.05, 0) is 29.1 Å². The van der Waals surface area contributed by atoms with E-state index in [4.69, 9.17) is 11.6 Å². The zero-order valence-electron chi connectivity index (χ0n) is 19.4. The van der Waals surface area contributed by atoms with Crippen LogP contribution in [0.25, 0.3) is 10.8 Å². The number of carbonyl (C=O) groups excluding carboxylic acids is 3. The van der Waals surface area contributed by atoms with E-state index in [0.29, 0.717) is 42.3 Å². The van der Waals surface area contributed by atoms with E-state index in [1.54, 1.807) is 12.1 Å². The van der Waals surface area contributed by atoms with E-state index in [1.165, 1.54) is 4.90 Å². The molecule has 35 heavy (non-hydrogen) atoms. The van der Waals surface area contributed by atoms with Crippen LogP contribution in [0.5, 0.6) is 0 Å². The summed E-state index contributed by atoms with van der Waals surface area (Å²) < 4.78 is 0. The van der Waals surface area contributed by atoms with Crippen molar-refractivity contribution in [3.8, 4) is 0 Å². The van der Waals surface area contributed by atoms with E-state index >= 15 is 0 Å². The van der Waals surface area contributed by atoms with Crippen molar-refractivity contribution in [2.45, 2.75) is 6.54 Å². The van der Waals surface area contributed by atoms with Gasteiger partial charge in [-0.2, -0.15) is 0 Å². The summed E-state index contributed by atoms with van der Waals surface area (Å²) in [6, 6.07) is 18.6. The van der Waals surface area contributed by atoms with Crippen molar-refractivity contribution in [3.63, 3.8) is 0 Å². The van der Waals surface area contributed by atoms with E-state index in [0.717, 1.165) is 42.5 Å². The Balaban J connectivity index is 1.11. The molecule has 0 aliphatic carbocycles. The molecule has 2 aliphatic heterocycles. The standard InChI is InChI=1S/C27H27ClN4O3/c28-23-10-2-1-5-20(23)17-29-24(33)18-31-13-11-30(12-14-31)15-16-32-26(34)21-8-3-6-19-7-4-9-22(25(19)21)27(32)35/h1-10H,11-18H2,(H,29,33). The van der Waals surface area contributed by atoms with Gasteiger partial charge in [-0.1, -0.05) is 54.1 Å². The molecule has 0 radical (unpaired) electrons. The molecule has 5 rings (SSSR count). The van der Waals surface area contributed by atoms with Gasteiger partial charge in [0.05, 0.1) is 6.54 Å². The van der Waals surface area contributed by atoms with Gasteiger partial charge in [-0.25, -0.2) is 0 Å². The van der Waals surface area contributed by atoms with Gasteiger partial charge in [-0.15, -0.1) is 0 Å². The molecule has 3 amide bonds. The number of piperazine rings is 1. The highest BCUT2D eigenvalue weighted by atomic mass is 35.5. The van der Waals surface area contributed by atoms with Gasteiger partial charge in [0.2, 0.25) is 5.91 Å². The summed E-state index contributed by atoms with van der Waals surface area (Å²) in [6.45, 7) is 4.77. The zero-order valence-corrected chi connectivity index (χ0v) is 20.1. The molecule has 0 spiro atoms. The first kappa shape index (κ1) is 23.5. The number of nitrogens with one attached hydrogen (secondary N) is 1. The van der Waals surface area contributed by atoms with E-state index in [-0.39, 0.29) is 17.7 Å². The molecule has 180 valence electrons. The fourth-order valence-corrected chi connectivity index (χ4v) is 4.99. The minimum absolute atomic E-state index is 0.0317. The number of amides is 3. The smallest absolute Gasteiger partial charge is 0.261 e. The number of nitrogens with zero attached hydrogens (tertiary/aromatic N) is 3. The minimum atomic E-state index is -0.229. The van der Waals surface area contributed by atoms with Gasteiger partial charge in [0, 0.05) is 67.3 Å². The maximum Gasteiger partial charge on any atom is 0.261 e. The predicted molar refractivity (Wildman–Crippen MR) is 135 cm³/mol. The second kappa shape index (κ2) is 10.2. The Hall–Kier alpha value is -3.26. The SMILES string of the molecule is O=C(CN1CCN(CCN2C(=O)c3cccc4cccc(c34)C2=O)CC1)NCc1ccccc1Cl. The summed E-state index contributed by atoms with van der Waals surface area (Å²) in [4.78, 5) is 44.2. The highest BCUT2D eigenvalue weighted by Crippen LogP contribution is 2.29. The number of imide groups is 1. The summed E-state index contributed by atoms with van der Waals surface area (Å²) in [5, 5.41) is 5.24. The van der Waals surface area contributed by atoms with Gasteiger partial charge in [0.1, 0.15) is 0 Å². The zero-order chi connectivity index (χ0) is 24.4. The third-order valence-corrected chi connectivity index (χ3v) is 7.13. The average molecular weight is 491 g/mol. The molecule has 3 aromatic rings. The van der Waals surface area contributed by atoms with E-state index in [9.17, 15) is 14.4 Å². The molecular formula is C27H27ClN4O3. The molecule has 2 heterocycles. The Morgan fingerprint density at radius 2 is 1.43 bits per heavy atom. The first-order valence-corrected chi connectivity index (χ1v) is 12.2. The number of carbonyl (C=O) groups is 3. The topological polar surface area (TPSA) is 73.0 Å². The monoisotopic (exact) mass is 490 g/mol. The van der Waals surface area contributed by atoms with Gasteiger partial charge < -0.3 is 5.32 Å². The maximum absolute atomic E-state index is 13.1. The van der Waals surface area contributed by atoms with Gasteiger partial charge in [0.25, 0.3) is 11.8 Å². The first-order valence-electron chi connectivity index (χ1n) is 11.8. The molecule has 0 atom stereocenters. The third kappa shape index (κ3) is 4.93. The van der Waals surface area contributed by atoms with Gasteiger partial charge in [-0.3, -0.25) is 29.1 Å². The summed E-state index contributed by atoms with van der Waals surface area (Å²) in [6.07, 6.45) is 0. The number of benzene rings is 3. The predicted octanol–water partition coefficient (Wildman–Crippen LogP) is 3.02. The van der Waals surface area contributed by atoms with Crippen LogP contribution < -0.4 is 5.32 Å². The Labute approximate surface area is 209 Å². The Morgan fingerprint density at radius 3 is 2.09 bits per heavy atom. The molecule has 3 aromatic carbocycles. The maximum atomic E-state index is 13.1. The molecular weight excluding hydrogens is 464 g/mol. The van der Waals surface area contributed by atoms with Gasteiger partial charge >= 0.3 is 0 Å². The number of rotatable bonds is 7. The largest absolute Gasteiger partial charge is 0.351 e. The molecule has 0 unspecified atom stereocenters. The lowest BCUT2D eigenvalue weighted by atomic mass is 9.94. The van der Waals surface area contributed by atoms with E-state index in [2.05, 4.69) is 15.1 Å². The van der Waals surface area contributed by atoms with Crippen molar-refractivity contribution in [1.29, 1.82) is 0 Å². The molecule has 1 fully saturated rings. The Kier molecular flexibility index (Phi) is 6.81. The number of hydrogen-bond donors (Lipinski definition) is 1. The molecule has 0 aromatic heterocycles. The number of halogens is 1. The van der Waals surface area contributed by atoms with Crippen molar-refractivity contribution < 1.29 is 14.4 Å². The van der Waals surface area contributed by atoms with Crippen LogP contribution >= 0.6 is 11.6 Å². The lowest BCUT2D eigenvalue weighted by molar-refractivity contribution is -0.122. The van der Waals surface area contributed by atoms with Crippen LogP contribution in [0.4, 0.5) is 0 Å². The van der Waals surface area contributed by atoms with E-state index in [1.807, 2.05) is 48.5 Å². The summed E-state index contributed by atoms with van der Waals surface area (Å²) >= 11 is 6.15. The van der Waals surface area contributed by atoms with Crippen molar-refractivity contribution in [2.24, 2.45) is 0 Å². The van der Waals surface area contributed by atoms with Crippen molar-refractivity contribution >= 4 is 40.1 Å². The molecule has 8 heteroatoms. The second-order valence-electron chi connectivity index (χ2n) is 8.96. The fourth-order valence-electron chi connectivity index (χ4n) is 4.79. The molecule has 1 saturated heterocycles. The lowest BCUT2D eigenvalue weighted by Crippen LogP contribution is -2.52. The van der Waals surface area contributed by atoms with Crippen LogP contribution in [-0.4, -0.2) is 78.2 Å². The Bertz CT molecular complexity index is 1240. The van der Waals surface area contributed by atoms with Crippen LogP contribution in [0, 0.1) is 0 Å². The third-order valence-electron chi connectivity index (χ3n) is 6.76. The van der Waals surface area contributed by atoms with Crippen LogP contribution in [0.2, 0.25) is 5.02 Å². The second-order valence-corrected chi connectivity index (χ2v) is 9.36. The average Bonchev–Trinajstić information content (AvgIpc) is 2.87. The summed E-state index contributed by atoms with van der Waals surface area (Å²) in [5.74, 6) is -0.489.